The highest BCUT2D eigenvalue weighted by molar-refractivity contribution is 7.92. The molecule has 112 valence electrons. The van der Waals surface area contributed by atoms with Crippen molar-refractivity contribution in [3.05, 3.63) is 23.2 Å². The zero-order chi connectivity index (χ0) is 15.3. The Balaban J connectivity index is 2.85. The fraction of sp³-hybridized carbons (Fsp3) is 0.364. The third kappa shape index (κ3) is 4.97. The SMILES string of the molecule is COC(CN)C(=O)Nc1ccc(NS(C)(=O)=O)c(Cl)c1. The molecule has 1 unspecified atom stereocenters. The maximum Gasteiger partial charge on any atom is 0.254 e. The Labute approximate surface area is 122 Å². The van der Waals surface area contributed by atoms with Crippen LogP contribution < -0.4 is 15.8 Å². The average Bonchev–Trinajstić information content (AvgIpc) is 2.33. The highest BCUT2D eigenvalue weighted by Crippen LogP contribution is 2.26. The first-order valence-corrected chi connectivity index (χ1v) is 7.85. The van der Waals surface area contributed by atoms with Crippen molar-refractivity contribution in [3.63, 3.8) is 0 Å². The van der Waals surface area contributed by atoms with Crippen LogP contribution in [-0.4, -0.2) is 40.3 Å². The molecule has 4 N–H and O–H groups in total. The summed E-state index contributed by atoms with van der Waals surface area (Å²) in [4.78, 5) is 11.7. The van der Waals surface area contributed by atoms with E-state index in [1.807, 2.05) is 0 Å². The van der Waals surface area contributed by atoms with E-state index in [-0.39, 0.29) is 17.3 Å². The Morgan fingerprint density at radius 1 is 1.50 bits per heavy atom. The van der Waals surface area contributed by atoms with Crippen LogP contribution in [0.1, 0.15) is 0 Å². The van der Waals surface area contributed by atoms with Crippen LogP contribution in [0.2, 0.25) is 5.02 Å². The monoisotopic (exact) mass is 321 g/mol. The summed E-state index contributed by atoms with van der Waals surface area (Å²) in [6.07, 6.45) is 0.256. The standard InChI is InChI=1S/C11H16ClN3O4S/c1-19-10(6-13)11(16)14-7-3-4-9(8(12)5-7)15-20(2,17)18/h3-5,10,15H,6,13H2,1-2H3,(H,14,16). The molecule has 1 atom stereocenters. The Morgan fingerprint density at radius 2 is 2.15 bits per heavy atom. The first-order chi connectivity index (χ1) is 9.26. The first kappa shape index (κ1) is 16.7. The summed E-state index contributed by atoms with van der Waals surface area (Å²) in [5.74, 6) is -0.408. The van der Waals surface area contributed by atoms with E-state index in [4.69, 9.17) is 22.1 Å². The van der Waals surface area contributed by atoms with E-state index < -0.39 is 22.0 Å². The summed E-state index contributed by atoms with van der Waals surface area (Å²) in [5.41, 5.74) is 6.02. The Kier molecular flexibility index (Phi) is 5.75. The third-order valence-corrected chi connectivity index (χ3v) is 3.23. The largest absolute Gasteiger partial charge is 0.370 e. The van der Waals surface area contributed by atoms with Crippen LogP contribution in [0.25, 0.3) is 0 Å². The van der Waals surface area contributed by atoms with Crippen molar-refractivity contribution in [1.29, 1.82) is 0 Å². The quantitative estimate of drug-likeness (QED) is 0.711. The maximum absolute atomic E-state index is 11.7. The number of carbonyl (C=O) groups excluding carboxylic acids is 1. The number of nitrogens with two attached hydrogens (primary N) is 1. The van der Waals surface area contributed by atoms with Crippen molar-refractivity contribution in [2.45, 2.75) is 6.10 Å². The van der Waals surface area contributed by atoms with E-state index in [0.29, 0.717) is 5.69 Å². The maximum atomic E-state index is 11.7. The van der Waals surface area contributed by atoms with E-state index in [2.05, 4.69) is 10.0 Å². The average molecular weight is 322 g/mol. The number of amides is 1. The van der Waals surface area contributed by atoms with Crippen LogP contribution in [-0.2, 0) is 19.6 Å². The lowest BCUT2D eigenvalue weighted by molar-refractivity contribution is -0.125. The molecule has 1 rings (SSSR count). The van der Waals surface area contributed by atoms with Gasteiger partial charge < -0.3 is 15.8 Å². The number of anilines is 2. The molecule has 1 aromatic carbocycles. The minimum absolute atomic E-state index is 0.0454. The summed E-state index contributed by atoms with van der Waals surface area (Å²) in [5, 5.41) is 2.73. The van der Waals surface area contributed by atoms with Gasteiger partial charge in [0, 0.05) is 19.3 Å². The normalized spacial score (nSPS) is 12.8. The number of benzene rings is 1. The third-order valence-electron chi connectivity index (χ3n) is 2.32. The van der Waals surface area contributed by atoms with Crippen molar-refractivity contribution in [2.24, 2.45) is 5.73 Å². The fourth-order valence-corrected chi connectivity index (χ4v) is 2.27. The lowest BCUT2D eigenvalue weighted by Crippen LogP contribution is -2.35. The molecule has 0 saturated carbocycles. The molecule has 1 amide bonds. The number of ether oxygens (including phenoxy) is 1. The predicted molar refractivity (Wildman–Crippen MR) is 78.4 cm³/mol. The van der Waals surface area contributed by atoms with Crippen LogP contribution in [0, 0.1) is 0 Å². The van der Waals surface area contributed by atoms with Crippen LogP contribution in [0.3, 0.4) is 0 Å². The van der Waals surface area contributed by atoms with Gasteiger partial charge in [-0.3, -0.25) is 9.52 Å². The Bertz CT molecular complexity index is 587. The molecular weight excluding hydrogens is 306 g/mol. The number of hydrogen-bond acceptors (Lipinski definition) is 5. The molecule has 0 fully saturated rings. The fourth-order valence-electron chi connectivity index (χ4n) is 1.41. The van der Waals surface area contributed by atoms with Crippen molar-refractivity contribution in [3.8, 4) is 0 Å². The molecule has 9 heteroatoms. The lowest BCUT2D eigenvalue weighted by atomic mass is 10.2. The van der Waals surface area contributed by atoms with Gasteiger partial charge in [-0.25, -0.2) is 8.42 Å². The van der Waals surface area contributed by atoms with Gasteiger partial charge in [0.2, 0.25) is 10.0 Å². The Morgan fingerprint density at radius 3 is 2.60 bits per heavy atom. The molecule has 0 bridgehead atoms. The van der Waals surface area contributed by atoms with Gasteiger partial charge in [-0.15, -0.1) is 0 Å². The van der Waals surface area contributed by atoms with Gasteiger partial charge >= 0.3 is 0 Å². The van der Waals surface area contributed by atoms with Gasteiger partial charge in [0.1, 0.15) is 6.10 Å². The number of methoxy groups -OCH3 is 1. The van der Waals surface area contributed by atoms with Crippen LogP contribution in [0.5, 0.6) is 0 Å². The molecule has 20 heavy (non-hydrogen) atoms. The van der Waals surface area contributed by atoms with Gasteiger partial charge in [-0.2, -0.15) is 0 Å². The molecule has 0 aliphatic rings. The number of hydrogen-bond donors (Lipinski definition) is 3. The van der Waals surface area contributed by atoms with Crippen molar-refractivity contribution < 1.29 is 17.9 Å². The van der Waals surface area contributed by atoms with Gasteiger partial charge in [0.25, 0.3) is 5.91 Å². The van der Waals surface area contributed by atoms with Gasteiger partial charge in [-0.1, -0.05) is 11.6 Å². The number of nitrogens with one attached hydrogen (secondary N) is 2. The number of rotatable bonds is 6. The molecule has 0 radical (unpaired) electrons. The predicted octanol–water partition coefficient (Wildman–Crippen LogP) is 0.624. The van der Waals surface area contributed by atoms with E-state index >= 15 is 0 Å². The van der Waals surface area contributed by atoms with Crippen LogP contribution in [0.4, 0.5) is 11.4 Å². The van der Waals surface area contributed by atoms with Crippen LogP contribution in [0.15, 0.2) is 18.2 Å². The van der Waals surface area contributed by atoms with Crippen LogP contribution >= 0.6 is 11.6 Å². The number of halogens is 1. The zero-order valence-corrected chi connectivity index (χ0v) is 12.6. The molecule has 0 spiro atoms. The summed E-state index contributed by atoms with van der Waals surface area (Å²) < 4.78 is 29.4. The molecule has 0 heterocycles. The van der Waals surface area contributed by atoms with Crippen molar-refractivity contribution in [2.75, 3.05) is 29.9 Å². The number of sulfonamides is 1. The molecular formula is C11H16ClN3O4S. The van der Waals surface area contributed by atoms with Gasteiger partial charge in [0.15, 0.2) is 0 Å². The minimum Gasteiger partial charge on any atom is -0.370 e. The second kappa shape index (κ2) is 6.89. The molecule has 7 nitrogen and oxygen atoms in total. The number of carbonyl (C=O) groups is 1. The molecule has 0 saturated heterocycles. The molecule has 0 aliphatic heterocycles. The highest BCUT2D eigenvalue weighted by Gasteiger charge is 2.16. The lowest BCUT2D eigenvalue weighted by Gasteiger charge is -2.14. The van der Waals surface area contributed by atoms with E-state index in [9.17, 15) is 13.2 Å². The first-order valence-electron chi connectivity index (χ1n) is 5.58. The highest BCUT2D eigenvalue weighted by atomic mass is 35.5. The topological polar surface area (TPSA) is 111 Å². The molecule has 0 aliphatic carbocycles. The van der Waals surface area contributed by atoms with E-state index in [1.54, 1.807) is 0 Å². The summed E-state index contributed by atoms with van der Waals surface area (Å²) in [6, 6.07) is 4.39. The zero-order valence-electron chi connectivity index (χ0n) is 11.0. The summed E-state index contributed by atoms with van der Waals surface area (Å²) in [7, 11) is -2.04. The second-order valence-corrected chi connectivity index (χ2v) is 6.17. The Hall–Kier alpha value is -1.35. The smallest absolute Gasteiger partial charge is 0.254 e. The van der Waals surface area contributed by atoms with Gasteiger partial charge in [-0.05, 0) is 18.2 Å². The summed E-state index contributed by atoms with van der Waals surface area (Å²) >= 11 is 5.93. The summed E-state index contributed by atoms with van der Waals surface area (Å²) in [6.45, 7) is 0.0454. The second-order valence-electron chi connectivity index (χ2n) is 4.02. The molecule has 0 aromatic heterocycles. The van der Waals surface area contributed by atoms with Crippen molar-refractivity contribution in [1.82, 2.24) is 0 Å². The van der Waals surface area contributed by atoms with Gasteiger partial charge in [0.05, 0.1) is 17.0 Å². The van der Waals surface area contributed by atoms with E-state index in [0.717, 1.165) is 6.26 Å². The van der Waals surface area contributed by atoms with E-state index in [1.165, 1.54) is 25.3 Å². The molecule has 1 aromatic rings. The minimum atomic E-state index is -3.42. The van der Waals surface area contributed by atoms with Crippen molar-refractivity contribution >= 4 is 38.9 Å².